The van der Waals surface area contributed by atoms with Crippen LogP contribution in [0.25, 0.3) is 0 Å². The van der Waals surface area contributed by atoms with Crippen LogP contribution in [0.1, 0.15) is 112 Å². The fourth-order valence-electron chi connectivity index (χ4n) is 3.43. The summed E-state index contributed by atoms with van der Waals surface area (Å²) in [5.74, 6) is 0.851. The second-order valence-electron chi connectivity index (χ2n) is 6.85. The maximum absolute atomic E-state index is 2.44. The average molecular weight is 269 g/mol. The van der Waals surface area contributed by atoms with E-state index in [2.05, 4.69) is 34.6 Å². The summed E-state index contributed by atoms with van der Waals surface area (Å²) in [6.07, 6.45) is 17.2. The monoisotopic (exact) mass is 268 g/mol. The highest BCUT2D eigenvalue weighted by Crippen LogP contribution is 2.41. The molecule has 116 valence electrons. The molecule has 0 fully saturated rings. The smallest absolute Gasteiger partial charge is 0.0277 e. The van der Waals surface area contributed by atoms with Crippen LogP contribution in [0.5, 0.6) is 0 Å². The fourth-order valence-corrected chi connectivity index (χ4v) is 3.43. The predicted octanol–water partition coefficient (Wildman–Crippen LogP) is 7.37. The first kappa shape index (κ1) is 19.0. The summed E-state index contributed by atoms with van der Waals surface area (Å²) < 4.78 is 0. The largest absolute Gasteiger partial charge is 0.0654 e. The molecule has 0 heterocycles. The molecule has 0 heteroatoms. The Morgan fingerprint density at radius 1 is 0.632 bits per heavy atom. The fraction of sp³-hybridized carbons (Fsp3) is 1.00. The molecule has 0 aliphatic heterocycles. The van der Waals surface area contributed by atoms with Crippen molar-refractivity contribution in [3.05, 3.63) is 0 Å². The van der Waals surface area contributed by atoms with Crippen molar-refractivity contribution in [3.8, 4) is 0 Å². The van der Waals surface area contributed by atoms with E-state index in [1.807, 2.05) is 0 Å². The highest BCUT2D eigenvalue weighted by Gasteiger charge is 2.30. The van der Waals surface area contributed by atoms with Gasteiger partial charge >= 0.3 is 0 Å². The van der Waals surface area contributed by atoms with E-state index in [0.717, 1.165) is 5.92 Å². The second-order valence-corrected chi connectivity index (χ2v) is 6.85. The summed E-state index contributed by atoms with van der Waals surface area (Å²) in [6, 6.07) is 0. The van der Waals surface area contributed by atoms with Gasteiger partial charge in [0.05, 0.1) is 0 Å². The van der Waals surface area contributed by atoms with Crippen molar-refractivity contribution in [1.82, 2.24) is 0 Å². The lowest BCUT2D eigenvalue weighted by molar-refractivity contribution is 0.136. The zero-order valence-electron chi connectivity index (χ0n) is 14.6. The van der Waals surface area contributed by atoms with Gasteiger partial charge < -0.3 is 0 Å². The zero-order chi connectivity index (χ0) is 14.6. The first-order valence-corrected chi connectivity index (χ1v) is 9.13. The lowest BCUT2D eigenvalue weighted by Gasteiger charge is -2.37. The number of hydrogen-bond donors (Lipinski definition) is 0. The molecule has 0 bridgehead atoms. The molecule has 1 atom stereocenters. The molecule has 0 saturated heterocycles. The van der Waals surface area contributed by atoms with Gasteiger partial charge in [-0.1, -0.05) is 98.8 Å². The summed E-state index contributed by atoms with van der Waals surface area (Å²) in [5, 5.41) is 0. The van der Waals surface area contributed by atoms with Crippen molar-refractivity contribution >= 4 is 0 Å². The van der Waals surface area contributed by atoms with Gasteiger partial charge in [-0.15, -0.1) is 0 Å². The van der Waals surface area contributed by atoms with E-state index in [0.29, 0.717) is 5.41 Å². The third kappa shape index (κ3) is 8.00. The Kier molecular flexibility index (Phi) is 11.8. The summed E-state index contributed by atoms with van der Waals surface area (Å²) in [7, 11) is 0. The first-order chi connectivity index (χ1) is 9.13. The highest BCUT2D eigenvalue weighted by atomic mass is 14.4. The van der Waals surface area contributed by atoms with Gasteiger partial charge in [0.1, 0.15) is 0 Å². The molecule has 0 nitrogen and oxygen atoms in total. The third-order valence-electron chi connectivity index (χ3n) is 5.24. The Morgan fingerprint density at radius 3 is 1.58 bits per heavy atom. The molecule has 0 aliphatic rings. The van der Waals surface area contributed by atoms with Crippen molar-refractivity contribution < 1.29 is 0 Å². The molecule has 0 rings (SSSR count). The van der Waals surface area contributed by atoms with E-state index in [1.165, 1.54) is 77.0 Å². The third-order valence-corrected chi connectivity index (χ3v) is 5.24. The molecular formula is C19H40. The van der Waals surface area contributed by atoms with Crippen LogP contribution in [-0.2, 0) is 0 Å². The van der Waals surface area contributed by atoms with Crippen LogP contribution in [0.3, 0.4) is 0 Å². The highest BCUT2D eigenvalue weighted by molar-refractivity contribution is 4.81. The first-order valence-electron chi connectivity index (χ1n) is 9.13. The lowest BCUT2D eigenvalue weighted by atomic mass is 9.68. The Labute approximate surface area is 123 Å². The number of hydrogen-bond acceptors (Lipinski definition) is 0. The van der Waals surface area contributed by atoms with Gasteiger partial charge in [-0.2, -0.15) is 0 Å². The molecule has 1 unspecified atom stereocenters. The van der Waals surface area contributed by atoms with Gasteiger partial charge in [0.25, 0.3) is 0 Å². The van der Waals surface area contributed by atoms with E-state index in [1.54, 1.807) is 0 Å². The summed E-state index contributed by atoms with van der Waals surface area (Å²) in [4.78, 5) is 0. The van der Waals surface area contributed by atoms with Crippen LogP contribution in [0, 0.1) is 11.3 Å². The zero-order valence-corrected chi connectivity index (χ0v) is 14.6. The van der Waals surface area contributed by atoms with Crippen molar-refractivity contribution in [1.29, 1.82) is 0 Å². The molecule has 0 aromatic carbocycles. The van der Waals surface area contributed by atoms with Crippen molar-refractivity contribution in [2.24, 2.45) is 11.3 Å². The van der Waals surface area contributed by atoms with Crippen molar-refractivity contribution in [3.63, 3.8) is 0 Å². The summed E-state index contributed by atoms with van der Waals surface area (Å²) in [5.41, 5.74) is 0.638. The number of rotatable bonds is 13. The van der Waals surface area contributed by atoms with Gasteiger partial charge in [0.2, 0.25) is 0 Å². The van der Waals surface area contributed by atoms with E-state index in [4.69, 9.17) is 0 Å². The molecule has 0 aromatic heterocycles. The Hall–Kier alpha value is 0. The minimum absolute atomic E-state index is 0.638. The Morgan fingerprint density at radius 2 is 1.11 bits per heavy atom. The molecule has 0 amide bonds. The summed E-state index contributed by atoms with van der Waals surface area (Å²) >= 11 is 0. The van der Waals surface area contributed by atoms with Gasteiger partial charge in [-0.05, 0) is 24.2 Å². The average Bonchev–Trinajstić information content (AvgIpc) is 2.41. The van der Waals surface area contributed by atoms with E-state index in [9.17, 15) is 0 Å². The lowest BCUT2D eigenvalue weighted by Crippen LogP contribution is -2.26. The van der Waals surface area contributed by atoms with Crippen molar-refractivity contribution in [2.75, 3.05) is 0 Å². The van der Waals surface area contributed by atoms with Crippen LogP contribution in [-0.4, -0.2) is 0 Å². The maximum atomic E-state index is 2.44. The topological polar surface area (TPSA) is 0 Å². The summed E-state index contributed by atoms with van der Waals surface area (Å²) in [6.45, 7) is 11.9. The molecule has 0 aliphatic carbocycles. The molecule has 0 saturated carbocycles. The van der Waals surface area contributed by atoms with Crippen LogP contribution >= 0.6 is 0 Å². The molecule has 0 radical (unpaired) electrons. The Balaban J connectivity index is 3.92. The van der Waals surface area contributed by atoms with E-state index >= 15 is 0 Å². The molecular weight excluding hydrogens is 228 g/mol. The van der Waals surface area contributed by atoms with E-state index in [-0.39, 0.29) is 0 Å². The molecule has 0 N–H and O–H groups in total. The normalized spacial score (nSPS) is 14.8. The second kappa shape index (κ2) is 11.8. The van der Waals surface area contributed by atoms with E-state index < -0.39 is 0 Å². The quantitative estimate of drug-likeness (QED) is 0.306. The molecule has 0 aromatic rings. The van der Waals surface area contributed by atoms with Crippen LogP contribution < -0.4 is 0 Å². The van der Waals surface area contributed by atoms with Gasteiger partial charge in [0.15, 0.2) is 0 Å². The molecule has 19 heavy (non-hydrogen) atoms. The predicted molar refractivity (Wildman–Crippen MR) is 89.7 cm³/mol. The van der Waals surface area contributed by atoms with Gasteiger partial charge in [0, 0.05) is 0 Å². The van der Waals surface area contributed by atoms with Crippen molar-refractivity contribution in [2.45, 2.75) is 112 Å². The number of unbranched alkanes of at least 4 members (excludes halogenated alkanes) is 7. The minimum Gasteiger partial charge on any atom is -0.0654 e. The van der Waals surface area contributed by atoms with Crippen LogP contribution in [0.15, 0.2) is 0 Å². The van der Waals surface area contributed by atoms with Gasteiger partial charge in [-0.25, -0.2) is 0 Å². The molecule has 0 spiro atoms. The van der Waals surface area contributed by atoms with Crippen LogP contribution in [0.4, 0.5) is 0 Å². The Bertz CT molecular complexity index is 182. The maximum Gasteiger partial charge on any atom is -0.0277 e. The minimum atomic E-state index is 0.638. The van der Waals surface area contributed by atoms with Crippen LogP contribution in [0.2, 0.25) is 0 Å². The SMILES string of the molecule is CCCCCCCCCC(CC)(CCCC)C(C)C. The standard InChI is InChI=1S/C19H40/c1-6-9-11-12-13-14-15-17-19(8-3,18(4)5)16-10-7-2/h18H,6-17H2,1-5H3. The van der Waals surface area contributed by atoms with Gasteiger partial charge in [-0.3, -0.25) is 0 Å².